The SMILES string of the molecule is CC(=O)N(C)C1CCN(C(=O)C2CC3CCCC(C2)C3N)CC1. The fourth-order valence-corrected chi connectivity index (χ4v) is 4.98. The lowest BCUT2D eigenvalue weighted by molar-refractivity contribution is -0.140. The van der Waals surface area contributed by atoms with E-state index in [2.05, 4.69) is 0 Å². The van der Waals surface area contributed by atoms with Crippen molar-refractivity contribution in [1.29, 1.82) is 0 Å². The zero-order valence-electron chi connectivity index (χ0n) is 14.5. The van der Waals surface area contributed by atoms with Crippen molar-refractivity contribution in [3.8, 4) is 0 Å². The normalized spacial score (nSPS) is 35.0. The third-order valence-electron chi connectivity index (χ3n) is 6.58. The van der Waals surface area contributed by atoms with Gasteiger partial charge < -0.3 is 15.5 Å². The summed E-state index contributed by atoms with van der Waals surface area (Å²) in [6.07, 6.45) is 7.47. The Morgan fingerprint density at radius 1 is 1.04 bits per heavy atom. The summed E-state index contributed by atoms with van der Waals surface area (Å²) in [6.45, 7) is 3.19. The van der Waals surface area contributed by atoms with Crippen LogP contribution in [0.4, 0.5) is 0 Å². The van der Waals surface area contributed by atoms with Crippen LogP contribution >= 0.6 is 0 Å². The summed E-state index contributed by atoms with van der Waals surface area (Å²) in [6, 6.07) is 0.610. The first-order valence-corrected chi connectivity index (χ1v) is 9.25. The second kappa shape index (κ2) is 6.80. The van der Waals surface area contributed by atoms with Gasteiger partial charge in [-0.05, 0) is 50.4 Å². The number of piperidine rings is 1. The molecular weight excluding hydrogens is 290 g/mol. The first-order chi connectivity index (χ1) is 11.0. The van der Waals surface area contributed by atoms with Crippen LogP contribution in [-0.2, 0) is 9.59 Å². The van der Waals surface area contributed by atoms with Crippen LogP contribution < -0.4 is 5.73 Å². The number of likely N-dealkylation sites (tertiary alicyclic amines) is 1. The predicted octanol–water partition coefficient (Wildman–Crippen LogP) is 1.61. The van der Waals surface area contributed by atoms with Crippen molar-refractivity contribution in [3.63, 3.8) is 0 Å². The van der Waals surface area contributed by atoms with Crippen molar-refractivity contribution >= 4 is 11.8 Å². The van der Waals surface area contributed by atoms with E-state index in [4.69, 9.17) is 5.73 Å². The van der Waals surface area contributed by atoms with Gasteiger partial charge in [0.1, 0.15) is 0 Å². The quantitative estimate of drug-likeness (QED) is 0.840. The largest absolute Gasteiger partial charge is 0.343 e. The molecule has 1 aliphatic heterocycles. The number of hydrogen-bond donors (Lipinski definition) is 1. The van der Waals surface area contributed by atoms with Gasteiger partial charge >= 0.3 is 0 Å². The molecule has 0 aromatic heterocycles. The molecule has 2 N–H and O–H groups in total. The summed E-state index contributed by atoms with van der Waals surface area (Å²) in [4.78, 5) is 28.3. The number of fused-ring (bicyclic) bond motifs is 2. The molecule has 3 fully saturated rings. The maximum Gasteiger partial charge on any atom is 0.225 e. The molecule has 0 radical (unpaired) electrons. The average Bonchev–Trinajstić information content (AvgIpc) is 2.53. The summed E-state index contributed by atoms with van der Waals surface area (Å²) >= 11 is 0. The van der Waals surface area contributed by atoms with Gasteiger partial charge in [0.25, 0.3) is 0 Å². The molecule has 130 valence electrons. The van der Waals surface area contributed by atoms with Crippen molar-refractivity contribution in [2.24, 2.45) is 23.5 Å². The summed E-state index contributed by atoms with van der Waals surface area (Å²) in [5.41, 5.74) is 6.34. The van der Waals surface area contributed by atoms with Gasteiger partial charge in [0.05, 0.1) is 0 Å². The number of amides is 2. The molecule has 0 aromatic carbocycles. The van der Waals surface area contributed by atoms with Gasteiger partial charge in [0.15, 0.2) is 0 Å². The summed E-state index contributed by atoms with van der Waals surface area (Å²) in [5, 5.41) is 0. The highest BCUT2D eigenvalue weighted by molar-refractivity contribution is 5.79. The zero-order chi connectivity index (χ0) is 16.6. The molecule has 2 aliphatic carbocycles. The molecule has 3 aliphatic rings. The molecule has 2 saturated carbocycles. The maximum absolute atomic E-state index is 12.9. The molecule has 1 heterocycles. The van der Waals surface area contributed by atoms with Crippen LogP contribution in [0.25, 0.3) is 0 Å². The lowest BCUT2D eigenvalue weighted by Crippen LogP contribution is -2.52. The maximum atomic E-state index is 12.9. The van der Waals surface area contributed by atoms with E-state index >= 15 is 0 Å². The first kappa shape index (κ1) is 16.7. The average molecular weight is 321 g/mol. The Morgan fingerprint density at radius 2 is 1.61 bits per heavy atom. The van der Waals surface area contributed by atoms with E-state index < -0.39 is 0 Å². The Bertz CT molecular complexity index is 445. The lowest BCUT2D eigenvalue weighted by atomic mass is 9.65. The fraction of sp³-hybridized carbons (Fsp3) is 0.889. The number of nitrogens with zero attached hydrogens (tertiary/aromatic N) is 2. The minimum atomic E-state index is 0.115. The number of rotatable bonds is 2. The minimum Gasteiger partial charge on any atom is -0.343 e. The third-order valence-corrected chi connectivity index (χ3v) is 6.58. The van der Waals surface area contributed by atoms with Gasteiger partial charge in [-0.25, -0.2) is 0 Å². The van der Waals surface area contributed by atoms with Crippen LogP contribution in [0.1, 0.15) is 51.9 Å². The topological polar surface area (TPSA) is 66.6 Å². The second-order valence-electron chi connectivity index (χ2n) is 7.88. The molecule has 3 rings (SSSR count). The number of carbonyl (C=O) groups is 2. The Hall–Kier alpha value is -1.10. The molecule has 1 saturated heterocycles. The molecule has 0 spiro atoms. The van der Waals surface area contributed by atoms with E-state index in [-0.39, 0.29) is 17.9 Å². The highest BCUT2D eigenvalue weighted by atomic mass is 16.2. The molecule has 0 aromatic rings. The van der Waals surface area contributed by atoms with Gasteiger partial charge in [-0.1, -0.05) is 6.42 Å². The van der Waals surface area contributed by atoms with Crippen molar-refractivity contribution < 1.29 is 9.59 Å². The fourth-order valence-electron chi connectivity index (χ4n) is 4.98. The van der Waals surface area contributed by atoms with Gasteiger partial charge in [-0.3, -0.25) is 9.59 Å². The van der Waals surface area contributed by atoms with Crippen molar-refractivity contribution in [2.75, 3.05) is 20.1 Å². The van der Waals surface area contributed by atoms with E-state index in [0.717, 1.165) is 38.8 Å². The Kier molecular flexibility index (Phi) is 4.95. The molecule has 2 bridgehead atoms. The number of nitrogens with two attached hydrogens (primary N) is 1. The molecule has 5 heteroatoms. The van der Waals surface area contributed by atoms with Crippen molar-refractivity contribution in [2.45, 2.75) is 64.0 Å². The van der Waals surface area contributed by atoms with E-state index in [9.17, 15) is 9.59 Å². The van der Waals surface area contributed by atoms with Crippen LogP contribution in [0.15, 0.2) is 0 Å². The van der Waals surface area contributed by atoms with Crippen molar-refractivity contribution in [1.82, 2.24) is 9.80 Å². The minimum absolute atomic E-state index is 0.115. The third kappa shape index (κ3) is 3.39. The van der Waals surface area contributed by atoms with Crippen LogP contribution in [-0.4, -0.2) is 53.8 Å². The number of hydrogen-bond acceptors (Lipinski definition) is 3. The van der Waals surface area contributed by atoms with Gasteiger partial charge in [0, 0.05) is 45.1 Å². The molecule has 2 unspecified atom stereocenters. The van der Waals surface area contributed by atoms with Gasteiger partial charge in [0.2, 0.25) is 11.8 Å². The van der Waals surface area contributed by atoms with Crippen LogP contribution in [0.2, 0.25) is 0 Å². The highest BCUT2D eigenvalue weighted by Gasteiger charge is 2.42. The Balaban J connectivity index is 1.55. The standard InChI is InChI=1S/C18H31N3O2/c1-12(22)20(2)16-6-8-21(9-7-16)18(23)15-10-13-4-3-5-14(11-15)17(13)19/h13-17H,3-11,19H2,1-2H3. The monoisotopic (exact) mass is 321 g/mol. The number of carbonyl (C=O) groups excluding carboxylic acids is 2. The van der Waals surface area contributed by atoms with E-state index in [1.807, 2.05) is 16.8 Å². The van der Waals surface area contributed by atoms with Crippen LogP contribution in [0.3, 0.4) is 0 Å². The van der Waals surface area contributed by atoms with Crippen LogP contribution in [0, 0.1) is 17.8 Å². The summed E-state index contributed by atoms with van der Waals surface area (Å²) in [5.74, 6) is 1.75. The van der Waals surface area contributed by atoms with Crippen LogP contribution in [0.5, 0.6) is 0 Å². The van der Waals surface area contributed by atoms with E-state index in [0.29, 0.717) is 23.8 Å². The zero-order valence-corrected chi connectivity index (χ0v) is 14.5. The first-order valence-electron chi connectivity index (χ1n) is 9.25. The molecule has 23 heavy (non-hydrogen) atoms. The van der Waals surface area contributed by atoms with Gasteiger partial charge in [-0.15, -0.1) is 0 Å². The molecule has 2 atom stereocenters. The smallest absolute Gasteiger partial charge is 0.225 e. The Labute approximate surface area is 139 Å². The molecule has 2 amide bonds. The van der Waals surface area contributed by atoms with Crippen molar-refractivity contribution in [3.05, 3.63) is 0 Å². The summed E-state index contributed by atoms with van der Waals surface area (Å²) < 4.78 is 0. The molecule has 5 nitrogen and oxygen atoms in total. The van der Waals surface area contributed by atoms with E-state index in [1.165, 1.54) is 19.3 Å². The highest BCUT2D eigenvalue weighted by Crippen LogP contribution is 2.42. The Morgan fingerprint density at radius 3 is 2.13 bits per heavy atom. The van der Waals surface area contributed by atoms with Gasteiger partial charge in [-0.2, -0.15) is 0 Å². The second-order valence-corrected chi connectivity index (χ2v) is 7.88. The lowest BCUT2D eigenvalue weighted by Gasteiger charge is -2.45. The van der Waals surface area contributed by atoms with E-state index in [1.54, 1.807) is 6.92 Å². The molecular formula is C18H31N3O2. The predicted molar refractivity (Wildman–Crippen MR) is 89.6 cm³/mol. The summed E-state index contributed by atoms with van der Waals surface area (Å²) in [7, 11) is 1.87.